The van der Waals surface area contributed by atoms with Gasteiger partial charge in [-0.15, -0.1) is 0 Å². The Kier molecular flexibility index (Phi) is 3.47. The Balaban J connectivity index is 1.60. The molecule has 1 aromatic carbocycles. The van der Waals surface area contributed by atoms with Crippen LogP contribution in [0.1, 0.15) is 18.4 Å². The molecular formula is C16H21NO2. The van der Waals surface area contributed by atoms with Gasteiger partial charge in [0, 0.05) is 24.2 Å². The third kappa shape index (κ3) is 2.35. The summed E-state index contributed by atoms with van der Waals surface area (Å²) < 4.78 is 10.6. The van der Waals surface area contributed by atoms with Gasteiger partial charge in [-0.1, -0.05) is 18.2 Å². The van der Waals surface area contributed by atoms with Gasteiger partial charge in [0.25, 0.3) is 0 Å². The van der Waals surface area contributed by atoms with Crippen LogP contribution in [0.15, 0.2) is 30.4 Å². The molecule has 3 rings (SSSR count). The highest BCUT2D eigenvalue weighted by molar-refractivity contribution is 5.40. The van der Waals surface area contributed by atoms with E-state index < -0.39 is 0 Å². The minimum Gasteiger partial charge on any atom is -0.497 e. The van der Waals surface area contributed by atoms with E-state index in [9.17, 15) is 0 Å². The predicted octanol–water partition coefficient (Wildman–Crippen LogP) is 2.76. The maximum Gasteiger partial charge on any atom is 0.127 e. The molecule has 0 aliphatic heterocycles. The zero-order valence-electron chi connectivity index (χ0n) is 11.6. The Morgan fingerprint density at radius 2 is 2.16 bits per heavy atom. The highest BCUT2D eigenvalue weighted by atomic mass is 16.5. The van der Waals surface area contributed by atoms with E-state index in [1.165, 1.54) is 18.4 Å². The van der Waals surface area contributed by atoms with Gasteiger partial charge < -0.3 is 14.8 Å². The number of methoxy groups -OCH3 is 2. The van der Waals surface area contributed by atoms with E-state index in [-0.39, 0.29) is 0 Å². The van der Waals surface area contributed by atoms with Crippen LogP contribution in [-0.2, 0) is 6.54 Å². The first kappa shape index (κ1) is 12.5. The van der Waals surface area contributed by atoms with Gasteiger partial charge >= 0.3 is 0 Å². The number of nitrogens with one attached hydrogen (secondary N) is 1. The molecule has 0 saturated heterocycles. The van der Waals surface area contributed by atoms with Gasteiger partial charge in [-0.2, -0.15) is 0 Å². The second-order valence-corrected chi connectivity index (χ2v) is 5.39. The minimum absolute atomic E-state index is 0.659. The lowest BCUT2D eigenvalue weighted by Gasteiger charge is -2.41. The van der Waals surface area contributed by atoms with Crippen molar-refractivity contribution in [2.75, 3.05) is 14.2 Å². The SMILES string of the molecule is COc1ccc(CN[C@H]2C[C@H]3C=CC[C@H]32)c(OC)c1. The van der Waals surface area contributed by atoms with Crippen molar-refractivity contribution in [3.05, 3.63) is 35.9 Å². The second-order valence-electron chi connectivity index (χ2n) is 5.39. The molecule has 1 fully saturated rings. The standard InChI is InChI=1S/C16H21NO2/c1-18-13-7-6-12(16(9-13)19-2)10-17-15-8-11-4-3-5-14(11)15/h3-4,6-7,9,11,14-15,17H,5,8,10H2,1-2H3/t11-,14-,15+/m1/s1. The van der Waals surface area contributed by atoms with Crippen molar-refractivity contribution in [1.29, 1.82) is 0 Å². The molecule has 0 radical (unpaired) electrons. The summed E-state index contributed by atoms with van der Waals surface area (Å²) in [6.45, 7) is 0.862. The zero-order chi connectivity index (χ0) is 13.2. The van der Waals surface area contributed by atoms with E-state index in [0.29, 0.717) is 6.04 Å². The number of allylic oxidation sites excluding steroid dienone is 2. The lowest BCUT2D eigenvalue weighted by Crippen LogP contribution is -2.47. The molecule has 19 heavy (non-hydrogen) atoms. The van der Waals surface area contributed by atoms with Gasteiger partial charge in [0.15, 0.2) is 0 Å². The number of benzene rings is 1. The van der Waals surface area contributed by atoms with Crippen LogP contribution >= 0.6 is 0 Å². The maximum absolute atomic E-state index is 5.43. The molecule has 1 saturated carbocycles. The van der Waals surface area contributed by atoms with Crippen LogP contribution in [-0.4, -0.2) is 20.3 Å². The van der Waals surface area contributed by atoms with Crippen LogP contribution in [0.25, 0.3) is 0 Å². The topological polar surface area (TPSA) is 30.5 Å². The Labute approximate surface area is 114 Å². The molecule has 0 bridgehead atoms. The molecule has 1 N–H and O–H groups in total. The van der Waals surface area contributed by atoms with Gasteiger partial charge in [-0.3, -0.25) is 0 Å². The highest BCUT2D eigenvalue weighted by Gasteiger charge is 2.40. The molecule has 0 aromatic heterocycles. The average molecular weight is 259 g/mol. The summed E-state index contributed by atoms with van der Waals surface area (Å²) in [5.74, 6) is 3.39. The molecular weight excluding hydrogens is 238 g/mol. The molecule has 3 nitrogen and oxygen atoms in total. The smallest absolute Gasteiger partial charge is 0.127 e. The second kappa shape index (κ2) is 5.25. The summed E-state index contributed by atoms with van der Waals surface area (Å²) in [6, 6.07) is 6.66. The van der Waals surface area contributed by atoms with Crippen LogP contribution in [0.5, 0.6) is 11.5 Å². The minimum atomic E-state index is 0.659. The molecule has 0 unspecified atom stereocenters. The summed E-state index contributed by atoms with van der Waals surface area (Å²) in [7, 11) is 3.38. The van der Waals surface area contributed by atoms with Crippen molar-refractivity contribution in [3.8, 4) is 11.5 Å². The van der Waals surface area contributed by atoms with Crippen molar-refractivity contribution in [2.45, 2.75) is 25.4 Å². The van der Waals surface area contributed by atoms with Gasteiger partial charge in [-0.05, 0) is 30.7 Å². The van der Waals surface area contributed by atoms with E-state index in [1.807, 2.05) is 12.1 Å². The first-order chi connectivity index (χ1) is 9.31. The fourth-order valence-corrected chi connectivity index (χ4v) is 3.19. The Bertz CT molecular complexity index is 484. The summed E-state index contributed by atoms with van der Waals surface area (Å²) in [6.07, 6.45) is 7.21. The molecule has 1 aromatic rings. The zero-order valence-corrected chi connectivity index (χ0v) is 11.6. The van der Waals surface area contributed by atoms with Crippen LogP contribution in [0.3, 0.4) is 0 Å². The quantitative estimate of drug-likeness (QED) is 0.825. The molecule has 0 spiro atoms. The van der Waals surface area contributed by atoms with Crippen LogP contribution in [0.2, 0.25) is 0 Å². The van der Waals surface area contributed by atoms with Crippen LogP contribution in [0, 0.1) is 11.8 Å². The van der Waals surface area contributed by atoms with Crippen molar-refractivity contribution in [1.82, 2.24) is 5.32 Å². The lowest BCUT2D eigenvalue weighted by molar-refractivity contribution is 0.158. The maximum atomic E-state index is 5.43. The fraction of sp³-hybridized carbons (Fsp3) is 0.500. The summed E-state index contributed by atoms with van der Waals surface area (Å²) in [4.78, 5) is 0. The summed E-state index contributed by atoms with van der Waals surface area (Å²) in [5, 5.41) is 3.66. The number of fused-ring (bicyclic) bond motifs is 1. The predicted molar refractivity (Wildman–Crippen MR) is 75.5 cm³/mol. The largest absolute Gasteiger partial charge is 0.497 e. The summed E-state index contributed by atoms with van der Waals surface area (Å²) in [5.41, 5.74) is 1.19. The molecule has 102 valence electrons. The van der Waals surface area contributed by atoms with Gasteiger partial charge in [0.1, 0.15) is 11.5 Å². The Morgan fingerprint density at radius 3 is 2.89 bits per heavy atom. The van der Waals surface area contributed by atoms with E-state index in [4.69, 9.17) is 9.47 Å². The molecule has 2 aliphatic rings. The number of ether oxygens (including phenoxy) is 2. The molecule has 3 heteroatoms. The molecule has 0 heterocycles. The average Bonchev–Trinajstić information content (AvgIpc) is 2.80. The number of hydrogen-bond donors (Lipinski definition) is 1. The number of hydrogen-bond acceptors (Lipinski definition) is 3. The van der Waals surface area contributed by atoms with Gasteiger partial charge in [0.05, 0.1) is 14.2 Å². The summed E-state index contributed by atoms with van der Waals surface area (Å²) >= 11 is 0. The van der Waals surface area contributed by atoms with E-state index in [1.54, 1.807) is 14.2 Å². The van der Waals surface area contributed by atoms with E-state index >= 15 is 0 Å². The van der Waals surface area contributed by atoms with Crippen LogP contribution < -0.4 is 14.8 Å². The third-order valence-corrected chi connectivity index (χ3v) is 4.43. The Morgan fingerprint density at radius 1 is 1.26 bits per heavy atom. The Hall–Kier alpha value is -1.48. The molecule has 3 atom stereocenters. The van der Waals surface area contributed by atoms with Crippen molar-refractivity contribution >= 4 is 0 Å². The fourth-order valence-electron chi connectivity index (χ4n) is 3.19. The normalized spacial score (nSPS) is 27.8. The molecule has 2 aliphatic carbocycles. The lowest BCUT2D eigenvalue weighted by atomic mass is 9.71. The van der Waals surface area contributed by atoms with Gasteiger partial charge in [-0.25, -0.2) is 0 Å². The van der Waals surface area contributed by atoms with Crippen LogP contribution in [0.4, 0.5) is 0 Å². The highest BCUT2D eigenvalue weighted by Crippen LogP contribution is 2.42. The number of rotatable bonds is 5. The van der Waals surface area contributed by atoms with Crippen molar-refractivity contribution in [2.24, 2.45) is 11.8 Å². The van der Waals surface area contributed by atoms with Crippen molar-refractivity contribution in [3.63, 3.8) is 0 Å². The van der Waals surface area contributed by atoms with Crippen molar-refractivity contribution < 1.29 is 9.47 Å². The molecule has 0 amide bonds. The third-order valence-electron chi connectivity index (χ3n) is 4.43. The van der Waals surface area contributed by atoms with E-state index in [2.05, 4.69) is 23.5 Å². The van der Waals surface area contributed by atoms with E-state index in [0.717, 1.165) is 29.9 Å². The first-order valence-corrected chi connectivity index (χ1v) is 6.92. The monoisotopic (exact) mass is 259 g/mol. The first-order valence-electron chi connectivity index (χ1n) is 6.92. The van der Waals surface area contributed by atoms with Gasteiger partial charge in [0.2, 0.25) is 0 Å².